The molecule has 0 unspecified atom stereocenters. The highest BCUT2D eigenvalue weighted by molar-refractivity contribution is 6.35. The van der Waals surface area contributed by atoms with Crippen LogP contribution in [0.4, 0.5) is 5.95 Å². The van der Waals surface area contributed by atoms with Crippen LogP contribution < -0.4 is 5.32 Å². The van der Waals surface area contributed by atoms with Gasteiger partial charge in [-0.2, -0.15) is 0 Å². The lowest BCUT2D eigenvalue weighted by atomic mass is 10.1. The van der Waals surface area contributed by atoms with Crippen molar-refractivity contribution in [2.24, 2.45) is 0 Å². The number of nitrogens with one attached hydrogen (secondary N) is 2. The number of imidazole rings is 1. The lowest BCUT2D eigenvalue weighted by molar-refractivity contribution is 0.102. The van der Waals surface area contributed by atoms with Gasteiger partial charge in [0.2, 0.25) is 5.95 Å². The minimum atomic E-state index is -0.322. The summed E-state index contributed by atoms with van der Waals surface area (Å²) < 4.78 is 0. The summed E-state index contributed by atoms with van der Waals surface area (Å²) in [5.41, 5.74) is 4.38. The van der Waals surface area contributed by atoms with Crippen molar-refractivity contribution in [1.29, 1.82) is 0 Å². The number of anilines is 1. The van der Waals surface area contributed by atoms with E-state index in [1.807, 2.05) is 26.0 Å². The molecular weight excluding hydrogens is 321 g/mol. The van der Waals surface area contributed by atoms with Gasteiger partial charge in [0.15, 0.2) is 0 Å². The highest BCUT2D eigenvalue weighted by Crippen LogP contribution is 2.21. The number of hydrogen-bond acceptors (Lipinski definition) is 2. The van der Waals surface area contributed by atoms with Crippen molar-refractivity contribution in [3.8, 4) is 0 Å². The highest BCUT2D eigenvalue weighted by atomic mass is 35.5. The zero-order valence-corrected chi connectivity index (χ0v) is 13.5. The zero-order chi connectivity index (χ0) is 15.9. The second kappa shape index (κ2) is 5.63. The van der Waals surface area contributed by atoms with Gasteiger partial charge in [0, 0.05) is 15.6 Å². The predicted octanol–water partition coefficient (Wildman–Crippen LogP) is 4.74. The van der Waals surface area contributed by atoms with Crippen LogP contribution in [-0.4, -0.2) is 15.9 Å². The molecule has 1 amide bonds. The van der Waals surface area contributed by atoms with Crippen LogP contribution in [0.5, 0.6) is 0 Å². The van der Waals surface area contributed by atoms with Crippen molar-refractivity contribution in [3.05, 3.63) is 57.1 Å². The molecule has 22 heavy (non-hydrogen) atoms. The number of benzene rings is 2. The number of nitrogens with zero attached hydrogens (tertiary/aromatic N) is 1. The van der Waals surface area contributed by atoms with Gasteiger partial charge < -0.3 is 4.98 Å². The van der Waals surface area contributed by atoms with E-state index < -0.39 is 0 Å². The molecule has 0 aliphatic rings. The molecule has 112 valence electrons. The Bertz CT molecular complexity index is 827. The summed E-state index contributed by atoms with van der Waals surface area (Å²) in [6.45, 7) is 4.05. The Morgan fingerprint density at radius 3 is 2.36 bits per heavy atom. The number of rotatable bonds is 2. The molecule has 3 rings (SSSR count). The molecule has 0 bridgehead atoms. The maximum absolute atomic E-state index is 12.2. The van der Waals surface area contributed by atoms with E-state index in [0.29, 0.717) is 21.6 Å². The molecule has 0 aliphatic carbocycles. The van der Waals surface area contributed by atoms with E-state index in [1.54, 1.807) is 18.2 Å². The summed E-state index contributed by atoms with van der Waals surface area (Å²) in [4.78, 5) is 19.7. The molecule has 2 aromatic carbocycles. The molecule has 4 nitrogen and oxygen atoms in total. The Morgan fingerprint density at radius 1 is 1.05 bits per heavy atom. The van der Waals surface area contributed by atoms with Gasteiger partial charge in [0.25, 0.3) is 5.91 Å². The van der Waals surface area contributed by atoms with E-state index in [0.717, 1.165) is 22.2 Å². The molecule has 2 N–H and O–H groups in total. The third-order valence-electron chi connectivity index (χ3n) is 3.45. The summed E-state index contributed by atoms with van der Waals surface area (Å²) >= 11 is 11.8. The van der Waals surface area contributed by atoms with Crippen molar-refractivity contribution in [2.75, 3.05) is 5.32 Å². The number of H-pyrrole nitrogens is 1. The van der Waals surface area contributed by atoms with Crippen LogP contribution >= 0.6 is 23.2 Å². The molecule has 0 saturated heterocycles. The fourth-order valence-corrected chi connectivity index (χ4v) is 2.72. The predicted molar refractivity (Wildman–Crippen MR) is 90.0 cm³/mol. The van der Waals surface area contributed by atoms with Gasteiger partial charge in [-0.25, -0.2) is 4.98 Å². The number of halogens is 2. The standard InChI is InChI=1S/C16H13Cl2N3O/c1-8-3-13-14(4-9(8)2)20-16(19-13)21-15(22)10-5-11(17)7-12(18)6-10/h3-7H,1-2H3,(H2,19,20,21,22). The van der Waals surface area contributed by atoms with Gasteiger partial charge in [-0.15, -0.1) is 0 Å². The molecule has 0 aliphatic heterocycles. The van der Waals surface area contributed by atoms with Crippen molar-refractivity contribution in [3.63, 3.8) is 0 Å². The maximum Gasteiger partial charge on any atom is 0.258 e. The number of fused-ring (bicyclic) bond motifs is 1. The topological polar surface area (TPSA) is 57.8 Å². The summed E-state index contributed by atoms with van der Waals surface area (Å²) in [7, 11) is 0. The number of aromatic amines is 1. The highest BCUT2D eigenvalue weighted by Gasteiger charge is 2.11. The van der Waals surface area contributed by atoms with E-state index in [-0.39, 0.29) is 5.91 Å². The third-order valence-corrected chi connectivity index (χ3v) is 3.89. The molecular formula is C16H13Cl2N3O. The molecule has 1 aromatic heterocycles. The van der Waals surface area contributed by atoms with Crippen molar-refractivity contribution in [2.45, 2.75) is 13.8 Å². The molecule has 0 saturated carbocycles. The lowest BCUT2D eigenvalue weighted by Gasteiger charge is -2.03. The Morgan fingerprint density at radius 2 is 1.68 bits per heavy atom. The van der Waals surface area contributed by atoms with E-state index in [1.165, 1.54) is 0 Å². The molecule has 0 radical (unpaired) electrons. The first-order chi connectivity index (χ1) is 10.4. The Hall–Kier alpha value is -2.04. The smallest absolute Gasteiger partial charge is 0.258 e. The van der Waals surface area contributed by atoms with Gasteiger partial charge in [0.05, 0.1) is 11.0 Å². The summed E-state index contributed by atoms with van der Waals surface area (Å²) in [6, 6.07) is 8.67. The summed E-state index contributed by atoms with van der Waals surface area (Å²) in [6.07, 6.45) is 0. The average Bonchev–Trinajstić information content (AvgIpc) is 2.79. The Labute approximate surface area is 137 Å². The van der Waals surface area contributed by atoms with Crippen LogP contribution in [0, 0.1) is 13.8 Å². The molecule has 0 atom stereocenters. The van der Waals surface area contributed by atoms with Crippen molar-refractivity contribution < 1.29 is 4.79 Å². The SMILES string of the molecule is Cc1cc2nc(NC(=O)c3cc(Cl)cc(Cl)c3)[nH]c2cc1C. The monoisotopic (exact) mass is 333 g/mol. The second-order valence-corrected chi connectivity index (χ2v) is 6.02. The maximum atomic E-state index is 12.2. The molecule has 0 fully saturated rings. The number of hydrogen-bond donors (Lipinski definition) is 2. The fourth-order valence-electron chi connectivity index (χ4n) is 2.19. The molecule has 6 heteroatoms. The average molecular weight is 334 g/mol. The zero-order valence-electron chi connectivity index (χ0n) is 12.0. The summed E-state index contributed by atoms with van der Waals surface area (Å²) in [5.74, 6) is 0.0676. The Kier molecular flexibility index (Phi) is 3.81. The number of carbonyl (C=O) groups excluding carboxylic acids is 1. The number of carbonyl (C=O) groups is 1. The Balaban J connectivity index is 1.90. The van der Waals surface area contributed by atoms with Gasteiger partial charge in [-0.1, -0.05) is 23.2 Å². The largest absolute Gasteiger partial charge is 0.324 e. The van der Waals surface area contributed by atoms with Crippen LogP contribution in [0.3, 0.4) is 0 Å². The van der Waals surface area contributed by atoms with Crippen LogP contribution in [0.25, 0.3) is 11.0 Å². The minimum absolute atomic E-state index is 0.322. The number of aryl methyl sites for hydroxylation is 2. The van der Waals surface area contributed by atoms with Gasteiger partial charge in [-0.3, -0.25) is 10.1 Å². The first-order valence-electron chi connectivity index (χ1n) is 6.67. The van der Waals surface area contributed by atoms with Crippen LogP contribution in [0.2, 0.25) is 10.0 Å². The van der Waals surface area contributed by atoms with Crippen LogP contribution in [-0.2, 0) is 0 Å². The number of amides is 1. The van der Waals surface area contributed by atoms with Crippen LogP contribution in [0.15, 0.2) is 30.3 Å². The van der Waals surface area contributed by atoms with Gasteiger partial charge >= 0.3 is 0 Å². The second-order valence-electron chi connectivity index (χ2n) is 5.15. The minimum Gasteiger partial charge on any atom is -0.324 e. The first kappa shape index (κ1) is 14.9. The van der Waals surface area contributed by atoms with E-state index in [4.69, 9.17) is 23.2 Å². The van der Waals surface area contributed by atoms with E-state index in [2.05, 4.69) is 15.3 Å². The lowest BCUT2D eigenvalue weighted by Crippen LogP contribution is -2.12. The third kappa shape index (κ3) is 2.93. The van der Waals surface area contributed by atoms with E-state index >= 15 is 0 Å². The van der Waals surface area contributed by atoms with Crippen LogP contribution in [0.1, 0.15) is 21.5 Å². The van der Waals surface area contributed by atoms with E-state index in [9.17, 15) is 4.79 Å². The molecule has 0 spiro atoms. The van der Waals surface area contributed by atoms with Crippen molar-refractivity contribution >= 4 is 46.1 Å². The molecule has 3 aromatic rings. The summed E-state index contributed by atoms with van der Waals surface area (Å²) in [5, 5.41) is 3.54. The first-order valence-corrected chi connectivity index (χ1v) is 7.42. The number of aromatic nitrogens is 2. The van der Waals surface area contributed by atoms with Crippen molar-refractivity contribution in [1.82, 2.24) is 9.97 Å². The van der Waals surface area contributed by atoms with Gasteiger partial charge in [0.1, 0.15) is 0 Å². The van der Waals surface area contributed by atoms with Gasteiger partial charge in [-0.05, 0) is 55.3 Å². The fraction of sp³-hybridized carbons (Fsp3) is 0.125. The molecule has 1 heterocycles. The quantitative estimate of drug-likeness (QED) is 0.711. The normalized spacial score (nSPS) is 10.9.